The lowest BCUT2D eigenvalue weighted by atomic mass is 9.68. The van der Waals surface area contributed by atoms with Crippen LogP contribution in [-0.2, 0) is 14.3 Å². The van der Waals surface area contributed by atoms with Gasteiger partial charge in [-0.2, -0.15) is 0 Å². The van der Waals surface area contributed by atoms with Crippen LogP contribution in [0.15, 0.2) is 48.5 Å². The fourth-order valence-corrected chi connectivity index (χ4v) is 5.88. The predicted molar refractivity (Wildman–Crippen MR) is 131 cm³/mol. The third-order valence-corrected chi connectivity index (χ3v) is 8.18. The molecule has 2 fully saturated rings. The standard InChI is InChI=1S/C28H32N2O5/c31-24(29-18-27(25(32)33)13-8-14-27)28(15-6-1-7-16-28)30-26(34)35-17-23-21-11-4-2-9-19(21)20-10-3-5-12-22(20)23/h2-5,9-12,23H,1,6-8,13-18H2,(H,29,31)(H,30,34)(H,32,33). The molecule has 0 spiro atoms. The van der Waals surface area contributed by atoms with E-state index < -0.39 is 23.0 Å². The number of hydrogen-bond acceptors (Lipinski definition) is 4. The van der Waals surface area contributed by atoms with E-state index >= 15 is 0 Å². The van der Waals surface area contributed by atoms with Crippen LogP contribution in [0.2, 0.25) is 0 Å². The summed E-state index contributed by atoms with van der Waals surface area (Å²) in [5.41, 5.74) is 2.63. The van der Waals surface area contributed by atoms with Crippen LogP contribution in [0.5, 0.6) is 0 Å². The molecule has 2 aromatic rings. The summed E-state index contributed by atoms with van der Waals surface area (Å²) in [6.45, 7) is 0.273. The molecule has 0 saturated heterocycles. The van der Waals surface area contributed by atoms with Crippen LogP contribution >= 0.6 is 0 Å². The Labute approximate surface area is 205 Å². The minimum Gasteiger partial charge on any atom is -0.481 e. The van der Waals surface area contributed by atoms with E-state index in [9.17, 15) is 19.5 Å². The smallest absolute Gasteiger partial charge is 0.408 e. The van der Waals surface area contributed by atoms with Gasteiger partial charge in [-0.1, -0.05) is 74.2 Å². The number of ether oxygens (including phenoxy) is 1. The van der Waals surface area contributed by atoms with Gasteiger partial charge in [0.1, 0.15) is 12.1 Å². The Hall–Kier alpha value is -3.35. The van der Waals surface area contributed by atoms with Gasteiger partial charge in [-0.25, -0.2) is 4.79 Å². The summed E-state index contributed by atoms with van der Waals surface area (Å²) >= 11 is 0. The molecule has 0 atom stereocenters. The van der Waals surface area contributed by atoms with Crippen LogP contribution in [0, 0.1) is 5.41 Å². The zero-order valence-electron chi connectivity index (χ0n) is 19.8. The molecule has 3 aliphatic carbocycles. The highest BCUT2D eigenvalue weighted by Crippen LogP contribution is 2.44. The van der Waals surface area contributed by atoms with Crippen LogP contribution in [0.25, 0.3) is 11.1 Å². The molecule has 3 aliphatic rings. The van der Waals surface area contributed by atoms with Crippen molar-refractivity contribution in [3.63, 3.8) is 0 Å². The number of carbonyl (C=O) groups excluding carboxylic acids is 2. The number of fused-ring (bicyclic) bond motifs is 3. The maximum absolute atomic E-state index is 13.3. The van der Waals surface area contributed by atoms with Crippen molar-refractivity contribution in [2.75, 3.05) is 13.2 Å². The highest BCUT2D eigenvalue weighted by Gasteiger charge is 2.47. The zero-order valence-corrected chi connectivity index (χ0v) is 19.8. The molecule has 0 aromatic heterocycles. The molecule has 184 valence electrons. The van der Waals surface area contributed by atoms with Crippen molar-refractivity contribution < 1.29 is 24.2 Å². The van der Waals surface area contributed by atoms with E-state index in [1.165, 1.54) is 0 Å². The molecular formula is C28H32N2O5. The van der Waals surface area contributed by atoms with Gasteiger partial charge in [-0.15, -0.1) is 0 Å². The first kappa shape index (κ1) is 23.4. The summed E-state index contributed by atoms with van der Waals surface area (Å²) < 4.78 is 5.71. The Morgan fingerprint density at radius 3 is 2.00 bits per heavy atom. The second-order valence-electron chi connectivity index (χ2n) is 10.2. The monoisotopic (exact) mass is 476 g/mol. The minimum atomic E-state index is -1.07. The molecular weight excluding hydrogens is 444 g/mol. The fraction of sp³-hybridized carbons (Fsp3) is 0.464. The number of carbonyl (C=O) groups is 3. The zero-order chi connectivity index (χ0) is 24.5. The molecule has 2 amide bonds. The molecule has 2 aromatic carbocycles. The first-order chi connectivity index (χ1) is 16.9. The number of alkyl carbamates (subject to hydrolysis) is 1. The van der Waals surface area contributed by atoms with E-state index in [1.54, 1.807) is 0 Å². The van der Waals surface area contributed by atoms with Gasteiger partial charge in [0.2, 0.25) is 5.91 Å². The van der Waals surface area contributed by atoms with E-state index in [1.807, 2.05) is 24.3 Å². The topological polar surface area (TPSA) is 105 Å². The number of nitrogens with one attached hydrogen (secondary N) is 2. The summed E-state index contributed by atoms with van der Waals surface area (Å²) in [6.07, 6.45) is 5.05. The molecule has 7 nitrogen and oxygen atoms in total. The van der Waals surface area contributed by atoms with Gasteiger partial charge in [0.15, 0.2) is 0 Å². The summed E-state index contributed by atoms with van der Waals surface area (Å²) in [5.74, 6) is -1.23. The Kier molecular flexibility index (Phi) is 6.26. The SMILES string of the molecule is O=C(NC1(C(=O)NCC2(C(=O)O)CCC2)CCCCC1)OCC1c2ccccc2-c2ccccc21. The van der Waals surface area contributed by atoms with Gasteiger partial charge in [0.05, 0.1) is 5.41 Å². The number of rotatable bonds is 7. The molecule has 7 heteroatoms. The van der Waals surface area contributed by atoms with Gasteiger partial charge < -0.3 is 20.5 Å². The highest BCUT2D eigenvalue weighted by atomic mass is 16.5. The summed E-state index contributed by atoms with van der Waals surface area (Å²) in [5, 5.41) is 15.3. The van der Waals surface area contributed by atoms with Crippen molar-refractivity contribution in [3.05, 3.63) is 59.7 Å². The Balaban J connectivity index is 1.26. The van der Waals surface area contributed by atoms with E-state index in [2.05, 4.69) is 34.9 Å². The molecule has 5 rings (SSSR count). The third kappa shape index (κ3) is 4.28. The molecule has 0 radical (unpaired) electrons. The van der Waals surface area contributed by atoms with E-state index in [0.29, 0.717) is 25.7 Å². The number of carboxylic acid groups (broad SMARTS) is 1. The maximum Gasteiger partial charge on any atom is 0.408 e. The van der Waals surface area contributed by atoms with Crippen LogP contribution in [-0.4, -0.2) is 41.8 Å². The largest absolute Gasteiger partial charge is 0.481 e. The second kappa shape index (κ2) is 9.36. The molecule has 0 bridgehead atoms. The van der Waals surface area contributed by atoms with Gasteiger partial charge in [-0.3, -0.25) is 9.59 Å². The number of carboxylic acids is 1. The normalized spacial score (nSPS) is 19.5. The number of hydrogen-bond donors (Lipinski definition) is 3. The van der Waals surface area contributed by atoms with E-state index in [-0.39, 0.29) is 25.0 Å². The average Bonchev–Trinajstić information content (AvgIpc) is 3.16. The van der Waals surface area contributed by atoms with E-state index in [4.69, 9.17) is 4.74 Å². The number of benzene rings is 2. The van der Waals surface area contributed by atoms with Crippen molar-refractivity contribution in [2.24, 2.45) is 5.41 Å². The number of amides is 2. The van der Waals surface area contributed by atoms with E-state index in [0.717, 1.165) is 47.9 Å². The van der Waals surface area contributed by atoms with Crippen LogP contribution in [0.1, 0.15) is 68.4 Å². The van der Waals surface area contributed by atoms with Crippen molar-refractivity contribution in [1.29, 1.82) is 0 Å². The third-order valence-electron chi connectivity index (χ3n) is 8.18. The van der Waals surface area contributed by atoms with Crippen molar-refractivity contribution in [3.8, 4) is 11.1 Å². The molecule has 3 N–H and O–H groups in total. The lowest BCUT2D eigenvalue weighted by Crippen LogP contribution is -2.61. The highest BCUT2D eigenvalue weighted by molar-refractivity contribution is 5.90. The van der Waals surface area contributed by atoms with Crippen molar-refractivity contribution >= 4 is 18.0 Å². The fourth-order valence-electron chi connectivity index (χ4n) is 5.88. The van der Waals surface area contributed by atoms with Gasteiger partial charge >= 0.3 is 12.1 Å². The predicted octanol–water partition coefficient (Wildman–Crippen LogP) is 4.60. The van der Waals surface area contributed by atoms with Crippen LogP contribution in [0.4, 0.5) is 4.79 Å². The van der Waals surface area contributed by atoms with Crippen molar-refractivity contribution in [1.82, 2.24) is 10.6 Å². The Morgan fingerprint density at radius 2 is 1.46 bits per heavy atom. The van der Waals surface area contributed by atoms with Gasteiger partial charge in [-0.05, 0) is 47.9 Å². The Morgan fingerprint density at radius 1 is 0.857 bits per heavy atom. The van der Waals surface area contributed by atoms with Crippen LogP contribution in [0.3, 0.4) is 0 Å². The molecule has 0 unspecified atom stereocenters. The quantitative estimate of drug-likeness (QED) is 0.542. The van der Waals surface area contributed by atoms with Crippen molar-refractivity contribution in [2.45, 2.75) is 62.8 Å². The molecule has 35 heavy (non-hydrogen) atoms. The first-order valence-electron chi connectivity index (χ1n) is 12.6. The summed E-state index contributed by atoms with van der Waals surface area (Å²) in [7, 11) is 0. The maximum atomic E-state index is 13.3. The lowest BCUT2D eigenvalue weighted by Gasteiger charge is -2.40. The number of aliphatic carboxylic acids is 1. The second-order valence-corrected chi connectivity index (χ2v) is 10.2. The van der Waals surface area contributed by atoms with Crippen LogP contribution < -0.4 is 10.6 Å². The Bertz CT molecular complexity index is 1090. The summed E-state index contributed by atoms with van der Waals surface area (Å²) in [4.78, 5) is 37.9. The lowest BCUT2D eigenvalue weighted by molar-refractivity contribution is -0.154. The average molecular weight is 477 g/mol. The summed E-state index contributed by atoms with van der Waals surface area (Å²) in [6, 6.07) is 16.3. The molecule has 2 saturated carbocycles. The van der Waals surface area contributed by atoms with Gasteiger partial charge in [0.25, 0.3) is 0 Å². The van der Waals surface area contributed by atoms with Gasteiger partial charge in [0, 0.05) is 12.5 Å². The first-order valence-corrected chi connectivity index (χ1v) is 12.6. The molecule has 0 aliphatic heterocycles. The molecule has 0 heterocycles. The minimum absolute atomic E-state index is 0.0571.